The van der Waals surface area contributed by atoms with E-state index in [0.717, 1.165) is 17.9 Å². The molecule has 3 rings (SSSR count). The minimum Gasteiger partial charge on any atom is -0.496 e. The maximum atomic E-state index is 12.6. The van der Waals surface area contributed by atoms with Gasteiger partial charge in [0.25, 0.3) is 5.91 Å². The van der Waals surface area contributed by atoms with Crippen molar-refractivity contribution in [2.75, 3.05) is 20.2 Å². The maximum absolute atomic E-state index is 12.6. The van der Waals surface area contributed by atoms with Gasteiger partial charge in [0.1, 0.15) is 5.75 Å². The molecule has 144 valence electrons. The topological polar surface area (TPSA) is 41.6 Å². The molecule has 2 aromatic rings. The molecule has 1 N–H and O–H groups in total. The molecule has 2 aromatic carbocycles. The van der Waals surface area contributed by atoms with E-state index < -0.39 is 0 Å². The molecule has 4 nitrogen and oxygen atoms in total. The number of carbonyl (C=O) groups is 1. The van der Waals surface area contributed by atoms with Crippen LogP contribution >= 0.6 is 0 Å². The molecule has 0 bridgehead atoms. The second kappa shape index (κ2) is 9.56. The first-order chi connectivity index (χ1) is 13.2. The lowest BCUT2D eigenvalue weighted by atomic mass is 10.1. The van der Waals surface area contributed by atoms with Crippen molar-refractivity contribution in [2.45, 2.75) is 45.2 Å². The van der Waals surface area contributed by atoms with Crippen LogP contribution in [-0.2, 0) is 6.54 Å². The van der Waals surface area contributed by atoms with Crippen LogP contribution < -0.4 is 10.1 Å². The van der Waals surface area contributed by atoms with Crippen LogP contribution in [0.3, 0.4) is 0 Å². The Morgan fingerprint density at radius 3 is 2.37 bits per heavy atom. The van der Waals surface area contributed by atoms with E-state index in [1.54, 1.807) is 7.11 Å². The molecule has 0 radical (unpaired) electrons. The van der Waals surface area contributed by atoms with Gasteiger partial charge >= 0.3 is 0 Å². The highest BCUT2D eigenvalue weighted by atomic mass is 16.5. The van der Waals surface area contributed by atoms with Crippen molar-refractivity contribution in [3.63, 3.8) is 0 Å². The molecule has 1 amide bonds. The molecule has 1 fully saturated rings. The van der Waals surface area contributed by atoms with Gasteiger partial charge in [-0.1, -0.05) is 43.2 Å². The standard InChI is InChI=1S/C23H30N2O2/c1-18(21-9-5-6-10-22(21)27-2)24-23(26)20-13-11-19(12-14-20)17-25-15-7-3-4-8-16-25/h5-6,9-14,18H,3-4,7-8,15-17H2,1-2H3,(H,24,26)/t18-/m0/s1. The summed E-state index contributed by atoms with van der Waals surface area (Å²) in [4.78, 5) is 15.1. The third-order valence-electron chi connectivity index (χ3n) is 5.27. The molecule has 1 atom stereocenters. The highest BCUT2D eigenvalue weighted by Crippen LogP contribution is 2.24. The van der Waals surface area contributed by atoms with Gasteiger partial charge < -0.3 is 10.1 Å². The van der Waals surface area contributed by atoms with Crippen LogP contribution in [0.1, 0.15) is 60.1 Å². The zero-order chi connectivity index (χ0) is 19.1. The second-order valence-electron chi connectivity index (χ2n) is 7.32. The van der Waals surface area contributed by atoms with Gasteiger partial charge in [-0.2, -0.15) is 0 Å². The zero-order valence-electron chi connectivity index (χ0n) is 16.4. The zero-order valence-corrected chi connectivity index (χ0v) is 16.4. The monoisotopic (exact) mass is 366 g/mol. The fourth-order valence-electron chi connectivity index (χ4n) is 3.70. The van der Waals surface area contributed by atoms with E-state index >= 15 is 0 Å². The quantitative estimate of drug-likeness (QED) is 0.815. The van der Waals surface area contributed by atoms with Crippen LogP contribution in [0, 0.1) is 0 Å². The molecular formula is C23H30N2O2. The largest absolute Gasteiger partial charge is 0.496 e. The first kappa shape index (κ1) is 19.4. The summed E-state index contributed by atoms with van der Waals surface area (Å²) in [5.41, 5.74) is 2.94. The summed E-state index contributed by atoms with van der Waals surface area (Å²) in [5, 5.41) is 3.07. The molecule has 0 unspecified atom stereocenters. The van der Waals surface area contributed by atoms with Crippen LogP contribution in [0.4, 0.5) is 0 Å². The Morgan fingerprint density at radius 1 is 1.04 bits per heavy atom. The number of benzene rings is 2. The molecule has 0 spiro atoms. The number of hydrogen-bond donors (Lipinski definition) is 1. The number of carbonyl (C=O) groups excluding carboxylic acids is 1. The van der Waals surface area contributed by atoms with Gasteiger partial charge in [0.2, 0.25) is 0 Å². The number of hydrogen-bond acceptors (Lipinski definition) is 3. The Morgan fingerprint density at radius 2 is 1.70 bits per heavy atom. The first-order valence-electron chi connectivity index (χ1n) is 9.92. The predicted molar refractivity (Wildman–Crippen MR) is 109 cm³/mol. The van der Waals surface area contributed by atoms with Crippen molar-refractivity contribution >= 4 is 5.91 Å². The Balaban J connectivity index is 1.60. The van der Waals surface area contributed by atoms with Crippen LogP contribution in [0.2, 0.25) is 0 Å². The number of nitrogens with one attached hydrogen (secondary N) is 1. The summed E-state index contributed by atoms with van der Waals surface area (Å²) in [6, 6.07) is 15.7. The molecule has 4 heteroatoms. The number of methoxy groups -OCH3 is 1. The number of rotatable bonds is 6. The van der Waals surface area contributed by atoms with Gasteiger partial charge in [0.05, 0.1) is 13.2 Å². The summed E-state index contributed by atoms with van der Waals surface area (Å²) in [6.07, 6.45) is 5.28. The number of para-hydroxylation sites is 1. The highest BCUT2D eigenvalue weighted by molar-refractivity contribution is 5.94. The van der Waals surface area contributed by atoms with Crippen LogP contribution in [-0.4, -0.2) is 31.0 Å². The minimum atomic E-state index is -0.120. The number of amides is 1. The summed E-state index contributed by atoms with van der Waals surface area (Å²) in [7, 11) is 1.65. The maximum Gasteiger partial charge on any atom is 0.251 e. The fourth-order valence-corrected chi connectivity index (χ4v) is 3.70. The SMILES string of the molecule is COc1ccccc1[C@H](C)NC(=O)c1ccc(CN2CCCCCC2)cc1. The van der Waals surface area contributed by atoms with Crippen LogP contribution in [0.5, 0.6) is 5.75 Å². The molecule has 27 heavy (non-hydrogen) atoms. The van der Waals surface area contributed by atoms with E-state index in [4.69, 9.17) is 4.74 Å². The van der Waals surface area contributed by atoms with Gasteiger partial charge in [-0.3, -0.25) is 9.69 Å². The summed E-state index contributed by atoms with van der Waals surface area (Å²) < 4.78 is 5.39. The molecule has 0 aliphatic carbocycles. The molecule has 1 heterocycles. The second-order valence-corrected chi connectivity index (χ2v) is 7.32. The average molecular weight is 367 g/mol. The minimum absolute atomic E-state index is 0.0604. The van der Waals surface area contributed by atoms with Crippen LogP contribution in [0.25, 0.3) is 0 Å². The van der Waals surface area contributed by atoms with Crippen molar-refractivity contribution in [1.82, 2.24) is 10.2 Å². The number of likely N-dealkylation sites (tertiary alicyclic amines) is 1. The predicted octanol–water partition coefficient (Wildman–Crippen LogP) is 4.56. The highest BCUT2D eigenvalue weighted by Gasteiger charge is 2.15. The van der Waals surface area contributed by atoms with E-state index in [0.29, 0.717) is 5.56 Å². The van der Waals surface area contributed by atoms with E-state index in [1.165, 1.54) is 44.3 Å². The third-order valence-corrected chi connectivity index (χ3v) is 5.27. The first-order valence-corrected chi connectivity index (χ1v) is 9.92. The molecule has 0 aromatic heterocycles. The average Bonchev–Trinajstić information content (AvgIpc) is 2.97. The lowest BCUT2D eigenvalue weighted by Gasteiger charge is -2.20. The number of nitrogens with zero attached hydrogens (tertiary/aromatic N) is 1. The van der Waals surface area contributed by atoms with Crippen molar-refractivity contribution in [2.24, 2.45) is 0 Å². The fraction of sp³-hybridized carbons (Fsp3) is 0.435. The van der Waals surface area contributed by atoms with Crippen molar-refractivity contribution in [1.29, 1.82) is 0 Å². The number of ether oxygens (including phenoxy) is 1. The van der Waals surface area contributed by atoms with E-state index in [9.17, 15) is 4.79 Å². The molecule has 1 aliphatic heterocycles. The van der Waals surface area contributed by atoms with Crippen molar-refractivity contribution in [3.8, 4) is 5.75 Å². The van der Waals surface area contributed by atoms with Gasteiger partial charge in [-0.25, -0.2) is 0 Å². The normalized spacial score (nSPS) is 16.4. The Labute approximate surface area is 162 Å². The van der Waals surface area contributed by atoms with Crippen LogP contribution in [0.15, 0.2) is 48.5 Å². The lowest BCUT2D eigenvalue weighted by Crippen LogP contribution is -2.27. The van der Waals surface area contributed by atoms with Crippen molar-refractivity contribution < 1.29 is 9.53 Å². The molecule has 1 saturated heterocycles. The Kier molecular flexibility index (Phi) is 6.88. The summed E-state index contributed by atoms with van der Waals surface area (Å²) in [6.45, 7) is 5.31. The third kappa shape index (κ3) is 5.33. The Hall–Kier alpha value is -2.33. The summed E-state index contributed by atoms with van der Waals surface area (Å²) in [5.74, 6) is 0.729. The van der Waals surface area contributed by atoms with Crippen molar-refractivity contribution in [3.05, 3.63) is 65.2 Å². The van der Waals surface area contributed by atoms with E-state index in [2.05, 4.69) is 22.3 Å². The smallest absolute Gasteiger partial charge is 0.251 e. The molecular weight excluding hydrogens is 336 g/mol. The molecule has 0 saturated carbocycles. The summed E-state index contributed by atoms with van der Waals surface area (Å²) >= 11 is 0. The van der Waals surface area contributed by atoms with Gasteiger partial charge in [0, 0.05) is 17.7 Å². The van der Waals surface area contributed by atoms with Gasteiger partial charge in [-0.05, 0) is 56.6 Å². The van der Waals surface area contributed by atoms with Gasteiger partial charge in [-0.15, -0.1) is 0 Å². The lowest BCUT2D eigenvalue weighted by molar-refractivity contribution is 0.0939. The van der Waals surface area contributed by atoms with E-state index in [-0.39, 0.29) is 11.9 Å². The van der Waals surface area contributed by atoms with Gasteiger partial charge in [0.15, 0.2) is 0 Å². The molecule has 1 aliphatic rings. The van der Waals surface area contributed by atoms with E-state index in [1.807, 2.05) is 43.3 Å². The Bertz CT molecular complexity index is 734.